The molecule has 2 heterocycles. The molecule has 7 heteroatoms. The minimum atomic E-state index is -0.589. The first kappa shape index (κ1) is 25.3. The summed E-state index contributed by atoms with van der Waals surface area (Å²) in [7, 11) is 0. The minimum Gasteiger partial charge on any atom is -0.459 e. The largest absolute Gasteiger partial charge is 0.459 e. The second-order valence-corrected chi connectivity index (χ2v) is 10.2. The maximum atomic E-state index is 13.3. The fourth-order valence-corrected chi connectivity index (χ4v) is 5.86. The Bertz CT molecular complexity index is 1490. The van der Waals surface area contributed by atoms with E-state index in [2.05, 4.69) is 57.7 Å². The summed E-state index contributed by atoms with van der Waals surface area (Å²) in [6, 6.07) is 22.9. The number of carbonyl (C=O) groups is 1. The first-order valence-corrected chi connectivity index (χ1v) is 13.7. The second kappa shape index (κ2) is 11.0. The molecule has 1 aliphatic carbocycles. The fourth-order valence-electron chi connectivity index (χ4n) is 5.86. The maximum absolute atomic E-state index is 13.3. The number of nitrogens with zero attached hydrogens (tertiary/aromatic N) is 1. The van der Waals surface area contributed by atoms with Gasteiger partial charge < -0.3 is 24.9 Å². The molecule has 7 nitrogen and oxygen atoms in total. The van der Waals surface area contributed by atoms with Crippen LogP contribution in [0.25, 0.3) is 22.2 Å². The Kier molecular flexibility index (Phi) is 7.18. The second-order valence-electron chi connectivity index (χ2n) is 10.2. The number of aromatic amines is 1. The lowest BCUT2D eigenvalue weighted by atomic mass is 9.80. The van der Waals surface area contributed by atoms with E-state index < -0.39 is 6.29 Å². The fraction of sp³-hybridized carbons (Fsp3) is 0.312. The van der Waals surface area contributed by atoms with Gasteiger partial charge in [-0.3, -0.25) is 4.79 Å². The summed E-state index contributed by atoms with van der Waals surface area (Å²) < 4.78 is 12.2. The van der Waals surface area contributed by atoms with E-state index in [0.717, 1.165) is 23.0 Å². The van der Waals surface area contributed by atoms with Gasteiger partial charge in [-0.05, 0) is 72.2 Å². The number of benzene rings is 3. The Labute approximate surface area is 227 Å². The molecule has 3 atom stereocenters. The van der Waals surface area contributed by atoms with Gasteiger partial charge in [-0.1, -0.05) is 54.6 Å². The predicted octanol–water partition coefficient (Wildman–Crippen LogP) is 5.20. The highest BCUT2D eigenvalue weighted by Crippen LogP contribution is 2.43. The van der Waals surface area contributed by atoms with Crippen LogP contribution in [0.4, 0.5) is 0 Å². The molecular weight excluding hydrogens is 490 g/mol. The summed E-state index contributed by atoms with van der Waals surface area (Å²) in [6.07, 6.45) is 3.58. The van der Waals surface area contributed by atoms with Gasteiger partial charge in [-0.25, -0.2) is 4.98 Å². The van der Waals surface area contributed by atoms with E-state index in [4.69, 9.17) is 9.47 Å². The number of aliphatic hydroxyl groups is 1. The van der Waals surface area contributed by atoms with Crippen LogP contribution in [0.3, 0.4) is 0 Å². The van der Waals surface area contributed by atoms with Crippen LogP contribution in [-0.4, -0.2) is 40.5 Å². The molecule has 39 heavy (non-hydrogen) atoms. The summed E-state index contributed by atoms with van der Waals surface area (Å²) in [4.78, 5) is 21.1. The first-order valence-electron chi connectivity index (χ1n) is 13.7. The monoisotopic (exact) mass is 523 g/mol. The van der Waals surface area contributed by atoms with Gasteiger partial charge in [-0.15, -0.1) is 0 Å². The molecule has 0 fully saturated rings. The van der Waals surface area contributed by atoms with E-state index in [1.165, 1.54) is 22.3 Å². The number of aliphatic hydroxyl groups excluding tert-OH is 1. The highest BCUT2D eigenvalue weighted by molar-refractivity contribution is 5.91. The lowest BCUT2D eigenvalue weighted by molar-refractivity contribution is -0.166. The normalized spacial score (nSPS) is 19.7. The van der Waals surface area contributed by atoms with Crippen molar-refractivity contribution < 1.29 is 19.4 Å². The van der Waals surface area contributed by atoms with E-state index in [9.17, 15) is 9.90 Å². The van der Waals surface area contributed by atoms with Crippen molar-refractivity contribution in [1.82, 2.24) is 15.3 Å². The number of hydrogen-bond acceptors (Lipinski definition) is 5. The van der Waals surface area contributed by atoms with Gasteiger partial charge in [0.05, 0.1) is 17.6 Å². The zero-order chi connectivity index (χ0) is 26.8. The zero-order valence-electron chi connectivity index (χ0n) is 22.0. The van der Waals surface area contributed by atoms with Gasteiger partial charge in [0, 0.05) is 25.0 Å². The lowest BCUT2D eigenvalue weighted by Gasteiger charge is -2.37. The minimum absolute atomic E-state index is 0.0362. The van der Waals surface area contributed by atoms with Crippen molar-refractivity contribution in [1.29, 1.82) is 0 Å². The van der Waals surface area contributed by atoms with Gasteiger partial charge in [0.2, 0.25) is 6.29 Å². The molecule has 0 unspecified atom stereocenters. The zero-order valence-corrected chi connectivity index (χ0v) is 22.0. The Morgan fingerprint density at radius 3 is 2.77 bits per heavy atom. The van der Waals surface area contributed by atoms with Gasteiger partial charge in [0.15, 0.2) is 5.76 Å². The molecule has 3 aromatic carbocycles. The number of aromatic nitrogens is 2. The van der Waals surface area contributed by atoms with Gasteiger partial charge in [0.1, 0.15) is 5.82 Å². The molecule has 3 N–H and O–H groups in total. The summed E-state index contributed by atoms with van der Waals surface area (Å²) in [5.41, 5.74) is 8.09. The van der Waals surface area contributed by atoms with E-state index in [1.807, 2.05) is 37.3 Å². The van der Waals surface area contributed by atoms with Crippen molar-refractivity contribution in [3.05, 3.63) is 101 Å². The lowest BCUT2D eigenvalue weighted by Crippen LogP contribution is -2.39. The van der Waals surface area contributed by atoms with Crippen molar-refractivity contribution >= 4 is 16.9 Å². The molecule has 0 bridgehead atoms. The molecule has 0 radical (unpaired) electrons. The van der Waals surface area contributed by atoms with Crippen molar-refractivity contribution in [2.45, 2.75) is 44.9 Å². The third-order valence-corrected chi connectivity index (χ3v) is 7.69. The third-order valence-electron chi connectivity index (χ3n) is 7.69. The van der Waals surface area contributed by atoms with Crippen molar-refractivity contribution in [3.8, 4) is 11.1 Å². The number of rotatable bonds is 9. The van der Waals surface area contributed by atoms with Crippen LogP contribution in [0.1, 0.15) is 48.2 Å². The SMILES string of the molecule is CCO[C@@H]1OC(C(=O)NCc2nc3ccccc3[nH]2)=C[C@H](c2ccc3c(c2)Cc2ccccc2-3)[C@H]1CCCO. The van der Waals surface area contributed by atoms with E-state index in [1.54, 1.807) is 0 Å². The summed E-state index contributed by atoms with van der Waals surface area (Å²) in [6.45, 7) is 2.73. The number of nitrogens with one attached hydrogen (secondary N) is 2. The number of ether oxygens (including phenoxy) is 2. The predicted molar refractivity (Wildman–Crippen MR) is 150 cm³/mol. The van der Waals surface area contributed by atoms with Gasteiger partial charge in [-0.2, -0.15) is 0 Å². The summed E-state index contributed by atoms with van der Waals surface area (Å²) in [5.74, 6) is 0.490. The molecule has 6 rings (SSSR count). The van der Waals surface area contributed by atoms with Crippen molar-refractivity contribution in [2.75, 3.05) is 13.2 Å². The molecular formula is C32H33N3O4. The van der Waals surface area contributed by atoms with Crippen molar-refractivity contribution in [3.63, 3.8) is 0 Å². The molecule has 0 saturated carbocycles. The van der Waals surface area contributed by atoms with Crippen molar-refractivity contribution in [2.24, 2.45) is 5.92 Å². The quantitative estimate of drug-likeness (QED) is 0.247. The Hall–Kier alpha value is -3.94. The highest BCUT2D eigenvalue weighted by Gasteiger charge is 2.38. The van der Waals surface area contributed by atoms with Gasteiger partial charge in [0.25, 0.3) is 5.91 Å². The van der Waals surface area contributed by atoms with Gasteiger partial charge >= 0.3 is 0 Å². The molecule has 1 amide bonds. The van der Waals surface area contributed by atoms with E-state index in [-0.39, 0.29) is 36.7 Å². The van der Waals surface area contributed by atoms with Crippen LogP contribution in [-0.2, 0) is 27.2 Å². The number of imidazole rings is 1. The molecule has 2 aliphatic rings. The summed E-state index contributed by atoms with van der Waals surface area (Å²) >= 11 is 0. The van der Waals surface area contributed by atoms with E-state index >= 15 is 0 Å². The van der Waals surface area contributed by atoms with Crippen LogP contribution in [0, 0.1) is 5.92 Å². The standard InChI is InChI=1S/C32H33N3O4/c1-2-38-32-25(10-7-15-36)26(21-13-14-24-22(17-21)16-20-8-3-4-9-23(20)24)18-29(39-32)31(37)33-19-30-34-27-11-5-6-12-28(27)35-30/h3-6,8-9,11-14,17-18,25-26,32,36H,2,7,10,15-16,19H2,1H3,(H,33,37)(H,34,35)/t25-,26-,32-/m1/s1. The van der Waals surface area contributed by atoms with E-state index in [0.29, 0.717) is 25.3 Å². The Balaban J connectivity index is 1.29. The highest BCUT2D eigenvalue weighted by atomic mass is 16.7. The third kappa shape index (κ3) is 5.07. The number of amides is 1. The average Bonchev–Trinajstić information content (AvgIpc) is 3.55. The number of H-pyrrole nitrogens is 1. The molecule has 200 valence electrons. The maximum Gasteiger partial charge on any atom is 0.286 e. The topological polar surface area (TPSA) is 96.5 Å². The smallest absolute Gasteiger partial charge is 0.286 e. The van der Waals surface area contributed by atoms with Crippen LogP contribution in [0.2, 0.25) is 0 Å². The summed E-state index contributed by atoms with van der Waals surface area (Å²) in [5, 5.41) is 12.6. The first-order chi connectivity index (χ1) is 19.1. The van der Waals surface area contributed by atoms with Crippen LogP contribution >= 0.6 is 0 Å². The number of para-hydroxylation sites is 2. The van der Waals surface area contributed by atoms with Crippen LogP contribution in [0.15, 0.2) is 78.6 Å². The number of fused-ring (bicyclic) bond motifs is 4. The Morgan fingerprint density at radius 2 is 1.92 bits per heavy atom. The molecule has 4 aromatic rings. The number of allylic oxidation sites excluding steroid dienone is 1. The van der Waals surface area contributed by atoms with Crippen LogP contribution in [0.5, 0.6) is 0 Å². The molecule has 0 spiro atoms. The average molecular weight is 524 g/mol. The van der Waals surface area contributed by atoms with Crippen LogP contribution < -0.4 is 5.32 Å². The molecule has 1 aromatic heterocycles. The molecule has 0 saturated heterocycles. The Morgan fingerprint density at radius 1 is 1.10 bits per heavy atom. The number of hydrogen-bond donors (Lipinski definition) is 3. The molecule has 1 aliphatic heterocycles. The number of carbonyl (C=O) groups excluding carboxylic acids is 1.